The van der Waals surface area contributed by atoms with Crippen molar-refractivity contribution >= 4 is 29.2 Å². The van der Waals surface area contributed by atoms with Crippen LogP contribution in [0.3, 0.4) is 0 Å². The standard InChI is InChI=1S/C17H14ClF2N3O2/c1-21-9-22(12-7-5-11(18)6-8-12)17(25)23(10-21)16(24)15-13(19)3-2-4-14(15)20/h2-8H,9-10H2,1H3. The molecule has 8 heteroatoms. The zero-order valence-corrected chi connectivity index (χ0v) is 14.0. The Morgan fingerprint density at radius 1 is 1.04 bits per heavy atom. The minimum atomic E-state index is -1.02. The fourth-order valence-corrected chi connectivity index (χ4v) is 2.72. The summed E-state index contributed by atoms with van der Waals surface area (Å²) in [4.78, 5) is 29.1. The van der Waals surface area contributed by atoms with Gasteiger partial charge in [-0.15, -0.1) is 0 Å². The molecule has 2 aromatic rings. The van der Waals surface area contributed by atoms with E-state index < -0.39 is 29.1 Å². The quantitative estimate of drug-likeness (QED) is 0.817. The van der Waals surface area contributed by atoms with Gasteiger partial charge in [0, 0.05) is 10.7 Å². The number of nitrogens with zero attached hydrogens (tertiary/aromatic N) is 3. The molecule has 25 heavy (non-hydrogen) atoms. The van der Waals surface area contributed by atoms with Gasteiger partial charge in [-0.3, -0.25) is 14.6 Å². The van der Waals surface area contributed by atoms with Crippen LogP contribution in [0.1, 0.15) is 10.4 Å². The van der Waals surface area contributed by atoms with Crippen molar-refractivity contribution in [2.75, 3.05) is 25.3 Å². The second-order valence-electron chi connectivity index (χ2n) is 5.66. The van der Waals surface area contributed by atoms with Gasteiger partial charge in [0.05, 0.1) is 13.3 Å². The zero-order valence-electron chi connectivity index (χ0n) is 13.2. The van der Waals surface area contributed by atoms with Crippen LogP contribution in [0.4, 0.5) is 19.3 Å². The molecule has 130 valence electrons. The first kappa shape index (κ1) is 17.3. The van der Waals surface area contributed by atoms with Gasteiger partial charge >= 0.3 is 6.03 Å². The molecule has 0 radical (unpaired) electrons. The average molecular weight is 366 g/mol. The van der Waals surface area contributed by atoms with Gasteiger partial charge in [0.15, 0.2) is 0 Å². The van der Waals surface area contributed by atoms with E-state index in [0.29, 0.717) is 10.7 Å². The zero-order chi connectivity index (χ0) is 18.1. The molecule has 0 saturated carbocycles. The Morgan fingerprint density at radius 3 is 2.24 bits per heavy atom. The highest BCUT2D eigenvalue weighted by atomic mass is 35.5. The first-order chi connectivity index (χ1) is 11.9. The van der Waals surface area contributed by atoms with Gasteiger partial charge in [-0.2, -0.15) is 0 Å². The van der Waals surface area contributed by atoms with Crippen molar-refractivity contribution in [2.45, 2.75) is 0 Å². The van der Waals surface area contributed by atoms with E-state index in [9.17, 15) is 18.4 Å². The number of benzene rings is 2. The summed E-state index contributed by atoms with van der Waals surface area (Å²) >= 11 is 5.85. The molecule has 0 atom stereocenters. The molecule has 0 bridgehead atoms. The lowest BCUT2D eigenvalue weighted by Crippen LogP contribution is -2.59. The van der Waals surface area contributed by atoms with Gasteiger partial charge in [-0.25, -0.2) is 18.5 Å². The fraction of sp³-hybridized carbons (Fsp3) is 0.176. The lowest BCUT2D eigenvalue weighted by molar-refractivity contribution is 0.0671. The summed E-state index contributed by atoms with van der Waals surface area (Å²) in [6.07, 6.45) is 0. The van der Waals surface area contributed by atoms with E-state index in [4.69, 9.17) is 11.6 Å². The molecule has 1 fully saturated rings. The maximum atomic E-state index is 13.9. The molecular formula is C17H14ClF2N3O2. The van der Waals surface area contributed by atoms with Gasteiger partial charge in [-0.05, 0) is 43.4 Å². The average Bonchev–Trinajstić information content (AvgIpc) is 2.57. The Bertz CT molecular complexity index is 809. The normalized spacial score (nSPS) is 15.6. The molecule has 1 aliphatic rings. The summed E-state index contributed by atoms with van der Waals surface area (Å²) in [6.45, 7) is 0.152. The summed E-state index contributed by atoms with van der Waals surface area (Å²) in [5.41, 5.74) is -0.227. The lowest BCUT2D eigenvalue weighted by Gasteiger charge is -2.39. The number of rotatable bonds is 2. The molecule has 0 unspecified atom stereocenters. The Hall–Kier alpha value is -2.51. The fourth-order valence-electron chi connectivity index (χ4n) is 2.60. The van der Waals surface area contributed by atoms with Gasteiger partial charge in [0.25, 0.3) is 5.91 Å². The number of hydrogen-bond acceptors (Lipinski definition) is 3. The molecule has 2 aromatic carbocycles. The van der Waals surface area contributed by atoms with Crippen molar-refractivity contribution < 1.29 is 18.4 Å². The maximum Gasteiger partial charge on any atom is 0.333 e. The van der Waals surface area contributed by atoms with Crippen LogP contribution in [-0.4, -0.2) is 42.1 Å². The number of urea groups is 1. The molecule has 3 amide bonds. The monoisotopic (exact) mass is 365 g/mol. The molecule has 0 aliphatic carbocycles. The highest BCUT2D eigenvalue weighted by Crippen LogP contribution is 2.24. The third-order valence-corrected chi connectivity index (χ3v) is 4.04. The summed E-state index contributed by atoms with van der Waals surface area (Å²) in [5.74, 6) is -3.04. The molecular weight excluding hydrogens is 352 g/mol. The third kappa shape index (κ3) is 3.33. The number of carbonyl (C=O) groups is 2. The van der Waals surface area contributed by atoms with E-state index in [0.717, 1.165) is 23.1 Å². The van der Waals surface area contributed by atoms with Crippen LogP contribution in [-0.2, 0) is 0 Å². The Morgan fingerprint density at radius 2 is 1.64 bits per heavy atom. The Balaban J connectivity index is 1.95. The summed E-state index contributed by atoms with van der Waals surface area (Å²) in [5, 5.41) is 0.503. The SMILES string of the molecule is CN1CN(C(=O)c2c(F)cccc2F)C(=O)N(c2ccc(Cl)cc2)C1. The van der Waals surface area contributed by atoms with Crippen LogP contribution in [0.15, 0.2) is 42.5 Å². The van der Waals surface area contributed by atoms with Crippen LogP contribution in [0.2, 0.25) is 5.02 Å². The number of halogens is 3. The predicted molar refractivity (Wildman–Crippen MR) is 89.4 cm³/mol. The van der Waals surface area contributed by atoms with E-state index in [1.54, 1.807) is 36.2 Å². The Labute approximate surface area is 148 Å². The number of amides is 3. The first-order valence-electron chi connectivity index (χ1n) is 7.40. The molecule has 1 aliphatic heterocycles. The summed E-state index contributed by atoms with van der Waals surface area (Å²) < 4.78 is 27.8. The second kappa shape index (κ2) is 6.78. The van der Waals surface area contributed by atoms with Crippen molar-refractivity contribution in [3.8, 4) is 0 Å². The smallest absolute Gasteiger partial charge is 0.280 e. The lowest BCUT2D eigenvalue weighted by atomic mass is 10.1. The molecule has 5 nitrogen and oxygen atoms in total. The van der Waals surface area contributed by atoms with Crippen molar-refractivity contribution in [1.29, 1.82) is 0 Å². The number of hydrogen-bond donors (Lipinski definition) is 0. The molecule has 3 rings (SSSR count). The van der Waals surface area contributed by atoms with Crippen molar-refractivity contribution in [1.82, 2.24) is 9.80 Å². The third-order valence-electron chi connectivity index (χ3n) is 3.79. The van der Waals surface area contributed by atoms with Crippen LogP contribution < -0.4 is 4.90 Å². The van der Waals surface area contributed by atoms with Crippen LogP contribution >= 0.6 is 11.6 Å². The summed E-state index contributed by atoms with van der Waals surface area (Å²) in [6, 6.07) is 8.94. The van der Waals surface area contributed by atoms with Gasteiger partial charge in [-0.1, -0.05) is 17.7 Å². The van der Waals surface area contributed by atoms with E-state index in [1.807, 2.05) is 0 Å². The number of carbonyl (C=O) groups excluding carboxylic acids is 2. The van der Waals surface area contributed by atoms with E-state index >= 15 is 0 Å². The molecule has 0 spiro atoms. The van der Waals surface area contributed by atoms with Gasteiger partial charge < -0.3 is 0 Å². The highest BCUT2D eigenvalue weighted by Gasteiger charge is 2.36. The molecule has 0 N–H and O–H groups in total. The van der Waals surface area contributed by atoms with E-state index in [1.165, 1.54) is 4.90 Å². The van der Waals surface area contributed by atoms with Crippen molar-refractivity contribution in [3.63, 3.8) is 0 Å². The predicted octanol–water partition coefficient (Wildman–Crippen LogP) is 3.55. The largest absolute Gasteiger partial charge is 0.333 e. The minimum Gasteiger partial charge on any atom is -0.280 e. The van der Waals surface area contributed by atoms with Gasteiger partial charge in [0.2, 0.25) is 0 Å². The number of anilines is 1. The second-order valence-corrected chi connectivity index (χ2v) is 6.09. The molecule has 1 heterocycles. The maximum absolute atomic E-state index is 13.9. The van der Waals surface area contributed by atoms with Crippen LogP contribution in [0.25, 0.3) is 0 Å². The van der Waals surface area contributed by atoms with E-state index in [2.05, 4.69) is 0 Å². The van der Waals surface area contributed by atoms with Crippen molar-refractivity contribution in [2.24, 2.45) is 0 Å². The molecule has 0 aromatic heterocycles. The van der Waals surface area contributed by atoms with Gasteiger partial charge in [0.1, 0.15) is 17.2 Å². The molecule has 1 saturated heterocycles. The topological polar surface area (TPSA) is 43.9 Å². The Kier molecular flexibility index (Phi) is 4.69. The van der Waals surface area contributed by atoms with E-state index in [-0.39, 0.29) is 13.3 Å². The van der Waals surface area contributed by atoms with Crippen LogP contribution in [0.5, 0.6) is 0 Å². The summed E-state index contributed by atoms with van der Waals surface area (Å²) in [7, 11) is 1.69. The van der Waals surface area contributed by atoms with Crippen LogP contribution in [0, 0.1) is 11.6 Å². The van der Waals surface area contributed by atoms with Crippen molar-refractivity contribution in [3.05, 3.63) is 64.7 Å². The first-order valence-corrected chi connectivity index (χ1v) is 7.78. The number of imide groups is 1. The minimum absolute atomic E-state index is 0.0739. The highest BCUT2D eigenvalue weighted by molar-refractivity contribution is 6.30.